The van der Waals surface area contributed by atoms with Gasteiger partial charge in [-0.2, -0.15) is 0 Å². The number of furan rings is 1. The van der Waals surface area contributed by atoms with Gasteiger partial charge in [0.05, 0.1) is 17.4 Å². The highest BCUT2D eigenvalue weighted by atomic mass is 32.2. The first-order valence-corrected chi connectivity index (χ1v) is 7.90. The summed E-state index contributed by atoms with van der Waals surface area (Å²) in [4.78, 5) is 10.8. The van der Waals surface area contributed by atoms with Gasteiger partial charge in [0.2, 0.25) is 5.76 Å². The fourth-order valence-corrected chi connectivity index (χ4v) is 3.69. The topological polar surface area (TPSA) is 76.7 Å². The van der Waals surface area contributed by atoms with Crippen LogP contribution in [0.4, 0.5) is 0 Å². The van der Waals surface area contributed by atoms with Crippen LogP contribution >= 0.6 is 0 Å². The Hall–Kier alpha value is -2.08. The second-order valence-corrected chi connectivity index (χ2v) is 6.23. The van der Waals surface area contributed by atoms with Crippen molar-refractivity contribution in [1.29, 1.82) is 0 Å². The van der Waals surface area contributed by atoms with E-state index in [0.29, 0.717) is 12.4 Å². The molecule has 1 aromatic heterocycles. The first-order valence-electron chi connectivity index (χ1n) is 6.58. The molecule has 3 rings (SSSR count). The molecule has 1 aliphatic rings. The van der Waals surface area contributed by atoms with Gasteiger partial charge in [-0.25, -0.2) is 4.79 Å². The average molecular weight is 306 g/mol. The van der Waals surface area contributed by atoms with Gasteiger partial charge in [0.1, 0.15) is 5.75 Å². The van der Waals surface area contributed by atoms with Gasteiger partial charge in [-0.15, -0.1) is 0 Å². The maximum atomic E-state index is 12.3. The fourth-order valence-electron chi connectivity index (χ4n) is 2.41. The standard InChI is InChI=1S/C15H14O5S/c16-15(17)13-5-6-14(20-13)21(18)9-10-7-8-19-12-4-2-1-3-11(10)12/h1-6,10H,7-9H2,(H,16,17). The molecular weight excluding hydrogens is 292 g/mol. The quantitative estimate of drug-likeness (QED) is 0.939. The monoisotopic (exact) mass is 306 g/mol. The lowest BCUT2D eigenvalue weighted by atomic mass is 9.95. The number of carbonyl (C=O) groups is 1. The van der Waals surface area contributed by atoms with Crippen LogP contribution in [0.1, 0.15) is 28.5 Å². The van der Waals surface area contributed by atoms with E-state index in [4.69, 9.17) is 14.3 Å². The van der Waals surface area contributed by atoms with Gasteiger partial charge < -0.3 is 14.3 Å². The molecule has 2 heterocycles. The molecule has 1 aliphatic heterocycles. The van der Waals surface area contributed by atoms with E-state index < -0.39 is 16.8 Å². The summed E-state index contributed by atoms with van der Waals surface area (Å²) in [5.41, 5.74) is 1.04. The lowest BCUT2D eigenvalue weighted by molar-refractivity contribution is 0.0656. The molecule has 21 heavy (non-hydrogen) atoms. The van der Waals surface area contributed by atoms with Crippen LogP contribution in [0.2, 0.25) is 0 Å². The number of hydrogen-bond acceptors (Lipinski definition) is 4. The van der Waals surface area contributed by atoms with Crippen LogP contribution in [0.15, 0.2) is 45.9 Å². The largest absolute Gasteiger partial charge is 0.493 e. The first kappa shape index (κ1) is 13.9. The second-order valence-electron chi connectivity index (χ2n) is 4.81. The molecule has 5 nitrogen and oxygen atoms in total. The summed E-state index contributed by atoms with van der Waals surface area (Å²) in [5, 5.41) is 9.03. The summed E-state index contributed by atoms with van der Waals surface area (Å²) < 4.78 is 23.0. The second kappa shape index (κ2) is 5.73. The van der Waals surface area contributed by atoms with Gasteiger partial charge in [0.15, 0.2) is 5.09 Å². The highest BCUT2D eigenvalue weighted by Gasteiger charge is 2.25. The van der Waals surface area contributed by atoms with E-state index in [1.165, 1.54) is 12.1 Å². The highest BCUT2D eigenvalue weighted by Crippen LogP contribution is 2.34. The molecule has 2 aromatic rings. The molecule has 1 N–H and O–H groups in total. The van der Waals surface area contributed by atoms with Crippen LogP contribution in [0, 0.1) is 0 Å². The lowest BCUT2D eigenvalue weighted by Crippen LogP contribution is -2.19. The minimum Gasteiger partial charge on any atom is -0.493 e. The van der Waals surface area contributed by atoms with E-state index in [9.17, 15) is 9.00 Å². The van der Waals surface area contributed by atoms with Gasteiger partial charge in [-0.05, 0) is 30.2 Å². The maximum Gasteiger partial charge on any atom is 0.371 e. The smallest absolute Gasteiger partial charge is 0.371 e. The zero-order chi connectivity index (χ0) is 14.8. The van der Waals surface area contributed by atoms with Crippen LogP contribution < -0.4 is 4.74 Å². The molecule has 1 aromatic carbocycles. The fraction of sp³-hybridized carbons (Fsp3) is 0.267. The summed E-state index contributed by atoms with van der Waals surface area (Å²) in [6.07, 6.45) is 0.787. The van der Waals surface area contributed by atoms with Crippen molar-refractivity contribution in [2.75, 3.05) is 12.4 Å². The summed E-state index contributed by atoms with van der Waals surface area (Å²) in [7, 11) is -1.37. The number of hydrogen-bond donors (Lipinski definition) is 1. The Kier molecular flexibility index (Phi) is 3.79. The maximum absolute atomic E-state index is 12.3. The predicted octanol–water partition coefficient (Wildman–Crippen LogP) is 2.65. The zero-order valence-corrected chi connectivity index (χ0v) is 12.0. The molecule has 6 heteroatoms. The molecule has 0 amide bonds. The molecule has 0 saturated heterocycles. The summed E-state index contributed by atoms with van der Waals surface area (Å²) in [5.74, 6) is -0.00147. The third-order valence-corrected chi connectivity index (χ3v) is 4.83. The van der Waals surface area contributed by atoms with Crippen LogP contribution in [-0.4, -0.2) is 27.6 Å². The molecule has 110 valence electrons. The minimum atomic E-state index is -1.37. The number of ether oxygens (including phenoxy) is 1. The minimum absolute atomic E-state index is 0.120. The molecule has 0 aliphatic carbocycles. The molecule has 2 unspecified atom stereocenters. The Bertz CT molecular complexity index is 691. The molecule has 0 bridgehead atoms. The molecule has 0 spiro atoms. The Morgan fingerprint density at radius 1 is 1.29 bits per heavy atom. The van der Waals surface area contributed by atoms with Crippen LogP contribution in [-0.2, 0) is 10.8 Å². The predicted molar refractivity (Wildman–Crippen MR) is 76.2 cm³/mol. The molecule has 0 saturated carbocycles. The number of benzene rings is 1. The number of rotatable bonds is 4. The van der Waals surface area contributed by atoms with Gasteiger partial charge in [0.25, 0.3) is 0 Å². The molecule has 2 atom stereocenters. The summed E-state index contributed by atoms with van der Waals surface area (Å²) in [6.45, 7) is 0.595. The highest BCUT2D eigenvalue weighted by molar-refractivity contribution is 7.84. The van der Waals surface area contributed by atoms with Crippen molar-refractivity contribution in [2.24, 2.45) is 0 Å². The first-order chi connectivity index (χ1) is 10.1. The van der Waals surface area contributed by atoms with E-state index in [2.05, 4.69) is 0 Å². The van der Waals surface area contributed by atoms with Crippen molar-refractivity contribution in [2.45, 2.75) is 17.4 Å². The van der Waals surface area contributed by atoms with E-state index in [0.717, 1.165) is 17.7 Å². The van der Waals surface area contributed by atoms with Gasteiger partial charge in [0, 0.05) is 11.7 Å². The van der Waals surface area contributed by atoms with Gasteiger partial charge >= 0.3 is 5.97 Å². The average Bonchev–Trinajstić information content (AvgIpc) is 2.98. The van der Waals surface area contributed by atoms with Crippen molar-refractivity contribution in [3.8, 4) is 5.75 Å². The number of aromatic carboxylic acids is 1. The van der Waals surface area contributed by atoms with E-state index in [1.807, 2.05) is 24.3 Å². The van der Waals surface area contributed by atoms with Crippen LogP contribution in [0.25, 0.3) is 0 Å². The summed E-state index contributed by atoms with van der Waals surface area (Å²) in [6, 6.07) is 10.5. The van der Waals surface area contributed by atoms with E-state index in [-0.39, 0.29) is 16.8 Å². The van der Waals surface area contributed by atoms with Crippen LogP contribution in [0.5, 0.6) is 5.75 Å². The lowest BCUT2D eigenvalue weighted by Gasteiger charge is -2.25. The number of fused-ring (bicyclic) bond motifs is 1. The number of carboxylic acid groups (broad SMARTS) is 1. The van der Waals surface area contributed by atoms with Crippen molar-refractivity contribution in [1.82, 2.24) is 0 Å². The zero-order valence-electron chi connectivity index (χ0n) is 11.2. The van der Waals surface area contributed by atoms with Crippen LogP contribution in [0.3, 0.4) is 0 Å². The SMILES string of the molecule is O=C(O)c1ccc(S(=O)CC2CCOc3ccccc32)o1. The Balaban J connectivity index is 1.77. The molecule has 0 radical (unpaired) electrons. The van der Waals surface area contributed by atoms with Crippen molar-refractivity contribution in [3.63, 3.8) is 0 Å². The van der Waals surface area contributed by atoms with Gasteiger partial charge in [-0.3, -0.25) is 4.21 Å². The Labute approximate surface area is 124 Å². The van der Waals surface area contributed by atoms with Gasteiger partial charge in [-0.1, -0.05) is 18.2 Å². The third kappa shape index (κ3) is 2.85. The Morgan fingerprint density at radius 3 is 2.86 bits per heavy atom. The summed E-state index contributed by atoms with van der Waals surface area (Å²) >= 11 is 0. The van der Waals surface area contributed by atoms with E-state index in [1.54, 1.807) is 0 Å². The van der Waals surface area contributed by atoms with Crippen molar-refractivity contribution >= 4 is 16.8 Å². The number of para-hydroxylation sites is 1. The van der Waals surface area contributed by atoms with E-state index >= 15 is 0 Å². The van der Waals surface area contributed by atoms with Crippen molar-refractivity contribution in [3.05, 3.63) is 47.7 Å². The number of carboxylic acids is 1. The third-order valence-electron chi connectivity index (χ3n) is 3.45. The normalized spacial score (nSPS) is 18.6. The molecule has 0 fully saturated rings. The molecular formula is C15H14O5S. The Morgan fingerprint density at radius 2 is 2.10 bits per heavy atom. The van der Waals surface area contributed by atoms with Crippen molar-refractivity contribution < 1.29 is 23.3 Å².